The summed E-state index contributed by atoms with van der Waals surface area (Å²) in [7, 11) is 0. The lowest BCUT2D eigenvalue weighted by molar-refractivity contribution is -0.323. The number of allylic oxidation sites excluding steroid dienone is 3. The second-order valence-corrected chi connectivity index (χ2v) is 7.59. The van der Waals surface area contributed by atoms with E-state index in [0.717, 1.165) is 16.9 Å². The molecule has 1 saturated heterocycles. The summed E-state index contributed by atoms with van der Waals surface area (Å²) >= 11 is 6.36. The molecule has 1 aromatic rings. The molecule has 29 heavy (non-hydrogen) atoms. The Balaban J connectivity index is 2.09. The van der Waals surface area contributed by atoms with Crippen LogP contribution in [0.1, 0.15) is 26.3 Å². The van der Waals surface area contributed by atoms with E-state index in [2.05, 4.69) is 6.58 Å². The first-order valence-corrected chi connectivity index (χ1v) is 9.86. The number of ether oxygens (including phenoxy) is 2. The first-order valence-electron chi connectivity index (χ1n) is 9.49. The van der Waals surface area contributed by atoms with Crippen molar-refractivity contribution in [2.45, 2.75) is 57.4 Å². The Morgan fingerprint density at radius 3 is 2.41 bits per heavy atom. The molecule has 0 aliphatic carbocycles. The molecule has 0 bridgehead atoms. The van der Waals surface area contributed by atoms with Gasteiger partial charge in [-0.25, -0.2) is 0 Å². The van der Waals surface area contributed by atoms with Crippen LogP contribution in [0, 0.1) is 0 Å². The summed E-state index contributed by atoms with van der Waals surface area (Å²) in [5.41, 5.74) is 1.96. The monoisotopic (exact) mass is 424 g/mol. The van der Waals surface area contributed by atoms with Gasteiger partial charge in [0, 0.05) is 10.6 Å². The molecule has 2 rings (SSSR count). The van der Waals surface area contributed by atoms with E-state index in [0.29, 0.717) is 18.1 Å². The highest BCUT2D eigenvalue weighted by atomic mass is 35.5. The fourth-order valence-electron chi connectivity index (χ4n) is 3.08. The van der Waals surface area contributed by atoms with Gasteiger partial charge >= 0.3 is 0 Å². The number of hydrogen-bond acceptors (Lipinski definition) is 6. The Labute approximate surface area is 176 Å². The van der Waals surface area contributed by atoms with Gasteiger partial charge in [-0.15, -0.1) is 0 Å². The maximum atomic E-state index is 10.7. The van der Waals surface area contributed by atoms with Crippen molar-refractivity contribution in [1.82, 2.24) is 0 Å². The quantitative estimate of drug-likeness (QED) is 0.502. The molecule has 0 unspecified atom stereocenters. The number of aliphatic hydroxyl groups excluding tert-OH is 3. The van der Waals surface area contributed by atoms with Crippen molar-refractivity contribution in [1.29, 1.82) is 0 Å². The van der Waals surface area contributed by atoms with Gasteiger partial charge < -0.3 is 29.9 Å². The number of halogens is 1. The third kappa shape index (κ3) is 5.48. The zero-order valence-corrected chi connectivity index (χ0v) is 17.6. The molecule has 5 atom stereocenters. The maximum Gasteiger partial charge on any atom is 0.221 e. The van der Waals surface area contributed by atoms with E-state index in [-0.39, 0.29) is 5.57 Å². The van der Waals surface area contributed by atoms with E-state index in [4.69, 9.17) is 21.1 Å². The maximum absolute atomic E-state index is 10.7. The Hall–Kier alpha value is -1.67. The van der Waals surface area contributed by atoms with Crippen LogP contribution in [-0.2, 0) is 11.2 Å². The molecule has 0 radical (unpaired) electrons. The van der Waals surface area contributed by atoms with Crippen LogP contribution in [0.4, 0.5) is 0 Å². The summed E-state index contributed by atoms with van der Waals surface area (Å²) < 4.78 is 10.8. The zero-order valence-electron chi connectivity index (χ0n) is 16.9. The standard InChI is InChI=1S/C22H29ClO6/c1-5-28-17-9-7-16(8-10-17)12-13(2)18(23)11-6-14(3)22(27)21(26)20(25)19(24)15(4)29-22/h6-11,15,19-21,24-27H,3,5,12H2,1-2,4H3/b11-6-,18-13-/t15-,19-,20+,21-,22+/m1/s1. The predicted molar refractivity (Wildman–Crippen MR) is 112 cm³/mol. The van der Waals surface area contributed by atoms with E-state index >= 15 is 0 Å². The fourth-order valence-corrected chi connectivity index (χ4v) is 3.21. The Morgan fingerprint density at radius 2 is 1.83 bits per heavy atom. The summed E-state index contributed by atoms with van der Waals surface area (Å²) in [6.45, 7) is 9.63. The van der Waals surface area contributed by atoms with Crippen LogP contribution in [0.2, 0.25) is 0 Å². The van der Waals surface area contributed by atoms with Crippen LogP contribution in [0.3, 0.4) is 0 Å². The van der Waals surface area contributed by atoms with E-state index in [1.807, 2.05) is 38.1 Å². The van der Waals surface area contributed by atoms with E-state index in [1.54, 1.807) is 6.08 Å². The van der Waals surface area contributed by atoms with Crippen molar-refractivity contribution in [3.8, 4) is 5.75 Å². The number of aliphatic hydroxyl groups is 4. The van der Waals surface area contributed by atoms with Gasteiger partial charge in [0.1, 0.15) is 24.1 Å². The molecule has 7 heteroatoms. The lowest BCUT2D eigenvalue weighted by Crippen LogP contribution is -2.64. The Kier molecular flexibility index (Phi) is 8.05. The second kappa shape index (κ2) is 9.89. The van der Waals surface area contributed by atoms with E-state index in [9.17, 15) is 20.4 Å². The van der Waals surface area contributed by atoms with Crippen LogP contribution >= 0.6 is 11.6 Å². The van der Waals surface area contributed by atoms with Gasteiger partial charge in [-0.3, -0.25) is 0 Å². The van der Waals surface area contributed by atoms with E-state index in [1.165, 1.54) is 13.0 Å². The van der Waals surface area contributed by atoms with Crippen LogP contribution in [0.25, 0.3) is 0 Å². The van der Waals surface area contributed by atoms with Gasteiger partial charge in [0.05, 0.1) is 12.7 Å². The van der Waals surface area contributed by atoms with Gasteiger partial charge in [-0.1, -0.05) is 42.0 Å². The molecule has 1 fully saturated rings. The van der Waals surface area contributed by atoms with Crippen LogP contribution in [0.15, 0.2) is 59.2 Å². The average Bonchev–Trinajstić information content (AvgIpc) is 2.70. The molecular weight excluding hydrogens is 396 g/mol. The Morgan fingerprint density at radius 1 is 1.21 bits per heavy atom. The highest BCUT2D eigenvalue weighted by molar-refractivity contribution is 6.31. The van der Waals surface area contributed by atoms with Gasteiger partial charge in [0.15, 0.2) is 0 Å². The highest BCUT2D eigenvalue weighted by Gasteiger charge is 2.52. The van der Waals surface area contributed by atoms with Crippen molar-refractivity contribution in [3.05, 3.63) is 64.7 Å². The summed E-state index contributed by atoms with van der Waals surface area (Å²) in [5.74, 6) is -1.42. The minimum Gasteiger partial charge on any atom is -0.494 e. The summed E-state index contributed by atoms with van der Waals surface area (Å²) in [5, 5.41) is 41.0. The third-order valence-electron chi connectivity index (χ3n) is 4.92. The Bertz CT molecular complexity index is 772. The lowest BCUT2D eigenvalue weighted by Gasteiger charge is -2.45. The van der Waals surface area contributed by atoms with Crippen molar-refractivity contribution in [2.24, 2.45) is 0 Å². The number of benzene rings is 1. The van der Waals surface area contributed by atoms with Gasteiger partial charge in [0.25, 0.3) is 0 Å². The molecule has 0 amide bonds. The second-order valence-electron chi connectivity index (χ2n) is 7.19. The predicted octanol–water partition coefficient (Wildman–Crippen LogP) is 2.44. The molecule has 1 aromatic carbocycles. The fraction of sp³-hybridized carbons (Fsp3) is 0.455. The van der Waals surface area contributed by atoms with Crippen molar-refractivity contribution in [2.75, 3.05) is 6.61 Å². The van der Waals surface area contributed by atoms with Gasteiger partial charge in [0.2, 0.25) is 5.79 Å². The third-order valence-corrected chi connectivity index (χ3v) is 5.37. The highest BCUT2D eigenvalue weighted by Crippen LogP contribution is 2.34. The largest absolute Gasteiger partial charge is 0.494 e. The molecule has 0 spiro atoms. The summed E-state index contributed by atoms with van der Waals surface area (Å²) in [6.07, 6.45) is -1.94. The molecule has 1 aliphatic heterocycles. The molecule has 1 aliphatic rings. The van der Waals surface area contributed by atoms with Gasteiger partial charge in [-0.05, 0) is 51.0 Å². The topological polar surface area (TPSA) is 99.4 Å². The molecule has 0 aromatic heterocycles. The SMILES string of the molecule is C=C(/C=C\C(Cl)=C(/C)Cc1ccc(OCC)cc1)[C@]1(O)O[C@H](C)[C@@H](O)[C@H](O)[C@H]1O. The van der Waals surface area contributed by atoms with Crippen molar-refractivity contribution >= 4 is 11.6 Å². The first-order chi connectivity index (χ1) is 13.6. The van der Waals surface area contributed by atoms with Crippen LogP contribution in [0.5, 0.6) is 5.75 Å². The lowest BCUT2D eigenvalue weighted by atomic mass is 9.88. The minimum absolute atomic E-state index is 0.00909. The summed E-state index contributed by atoms with van der Waals surface area (Å²) in [6, 6.07) is 7.72. The van der Waals surface area contributed by atoms with Crippen molar-refractivity contribution in [3.63, 3.8) is 0 Å². The molecular formula is C22H29ClO6. The molecule has 160 valence electrons. The van der Waals surface area contributed by atoms with Crippen molar-refractivity contribution < 1.29 is 29.9 Å². The number of rotatable bonds is 7. The normalized spacial score (nSPS) is 30.9. The van der Waals surface area contributed by atoms with Crippen LogP contribution in [-0.4, -0.2) is 57.2 Å². The zero-order chi connectivity index (χ0) is 21.8. The molecule has 4 N–H and O–H groups in total. The first kappa shape index (κ1) is 23.6. The molecule has 1 heterocycles. The average molecular weight is 425 g/mol. The summed E-state index contributed by atoms with van der Waals surface area (Å²) in [4.78, 5) is 0. The van der Waals surface area contributed by atoms with Crippen LogP contribution < -0.4 is 4.74 Å². The molecule has 6 nitrogen and oxygen atoms in total. The minimum atomic E-state index is -2.23. The smallest absolute Gasteiger partial charge is 0.221 e. The van der Waals surface area contributed by atoms with Gasteiger partial charge in [-0.2, -0.15) is 0 Å². The number of hydrogen-bond donors (Lipinski definition) is 4. The van der Waals surface area contributed by atoms with E-state index < -0.39 is 30.2 Å². The molecule has 0 saturated carbocycles.